The van der Waals surface area contributed by atoms with Gasteiger partial charge in [0.05, 0.1) is 6.04 Å². The predicted molar refractivity (Wildman–Crippen MR) is 70.3 cm³/mol. The molecule has 1 atom stereocenters. The topological polar surface area (TPSA) is 26.0 Å². The Morgan fingerprint density at radius 3 is 1.50 bits per heavy atom. The van der Waals surface area contributed by atoms with Crippen molar-refractivity contribution in [1.29, 1.82) is 0 Å². The van der Waals surface area contributed by atoms with E-state index in [0.29, 0.717) is 0 Å². The largest absolute Gasteiger partial charge is 0.322 e. The normalized spacial score (nSPS) is 12.2. The van der Waals surface area contributed by atoms with Crippen molar-refractivity contribution in [3.8, 4) is 0 Å². The van der Waals surface area contributed by atoms with Crippen molar-refractivity contribution in [3.05, 3.63) is 33.4 Å². The van der Waals surface area contributed by atoms with Crippen molar-refractivity contribution in [2.45, 2.75) is 40.7 Å². The van der Waals surface area contributed by atoms with Crippen molar-refractivity contribution in [3.63, 3.8) is 0 Å². The summed E-state index contributed by atoms with van der Waals surface area (Å²) in [6.07, 6.45) is 0. The lowest BCUT2D eigenvalue weighted by Gasteiger charge is -2.21. The number of halogens is 2. The Morgan fingerprint density at radius 2 is 1.19 bits per heavy atom. The summed E-state index contributed by atoms with van der Waals surface area (Å²) in [5.41, 5.74) is 12.8. The number of alkyl halides is 1. The zero-order valence-electron chi connectivity index (χ0n) is 10.6. The van der Waals surface area contributed by atoms with Gasteiger partial charge in [-0.1, -0.05) is 0 Å². The van der Waals surface area contributed by atoms with Crippen LogP contribution in [0.25, 0.3) is 0 Å². The third-order valence-electron chi connectivity index (χ3n) is 3.60. The average Bonchev–Trinajstić information content (AvgIpc) is 2.23. The van der Waals surface area contributed by atoms with E-state index in [9.17, 15) is 4.39 Å². The quantitative estimate of drug-likeness (QED) is 0.846. The second-order valence-electron chi connectivity index (χ2n) is 4.30. The lowest BCUT2D eigenvalue weighted by atomic mass is 9.87. The first-order chi connectivity index (χ1) is 6.91. The second-order valence-corrected chi connectivity index (χ2v) is 4.30. The van der Waals surface area contributed by atoms with E-state index in [4.69, 9.17) is 5.73 Å². The molecule has 0 amide bonds. The number of hydrogen-bond acceptors (Lipinski definition) is 1. The van der Waals surface area contributed by atoms with E-state index in [0.717, 1.165) is 16.7 Å². The van der Waals surface area contributed by atoms with Crippen LogP contribution < -0.4 is 5.73 Å². The first-order valence-corrected chi connectivity index (χ1v) is 5.30. The highest BCUT2D eigenvalue weighted by atomic mass is 35.5. The summed E-state index contributed by atoms with van der Waals surface area (Å²) >= 11 is 0. The highest BCUT2D eigenvalue weighted by Gasteiger charge is 2.17. The summed E-state index contributed by atoms with van der Waals surface area (Å²) in [6, 6.07) is -0.483. The van der Waals surface area contributed by atoms with Crippen molar-refractivity contribution >= 4 is 12.4 Å². The molecular formula is C13H21ClFN. The van der Waals surface area contributed by atoms with Gasteiger partial charge in [0, 0.05) is 0 Å². The van der Waals surface area contributed by atoms with E-state index < -0.39 is 12.7 Å². The molecule has 0 unspecified atom stereocenters. The van der Waals surface area contributed by atoms with E-state index in [1.54, 1.807) is 0 Å². The lowest BCUT2D eigenvalue weighted by Crippen LogP contribution is -2.17. The molecule has 0 bridgehead atoms. The van der Waals surface area contributed by atoms with Gasteiger partial charge < -0.3 is 5.73 Å². The molecule has 1 rings (SSSR count). The molecule has 0 aliphatic carbocycles. The smallest absolute Gasteiger partial charge is 0.109 e. The maximum absolute atomic E-state index is 12.7. The fourth-order valence-electron chi connectivity index (χ4n) is 2.16. The van der Waals surface area contributed by atoms with Crippen LogP contribution in [0.5, 0.6) is 0 Å². The number of nitrogens with two attached hydrogens (primary N) is 1. The minimum Gasteiger partial charge on any atom is -0.322 e. The molecule has 1 aromatic carbocycles. The van der Waals surface area contributed by atoms with Crippen molar-refractivity contribution in [2.75, 3.05) is 6.67 Å². The zero-order chi connectivity index (χ0) is 11.7. The Morgan fingerprint density at radius 1 is 0.875 bits per heavy atom. The summed E-state index contributed by atoms with van der Waals surface area (Å²) in [6.45, 7) is 9.81. The molecule has 0 aliphatic rings. The second kappa shape index (κ2) is 5.65. The van der Waals surface area contributed by atoms with E-state index in [1.165, 1.54) is 16.7 Å². The van der Waals surface area contributed by atoms with Gasteiger partial charge in [-0.25, -0.2) is 4.39 Å². The van der Waals surface area contributed by atoms with Crippen LogP contribution in [0.3, 0.4) is 0 Å². The lowest BCUT2D eigenvalue weighted by molar-refractivity contribution is 0.435. The zero-order valence-corrected chi connectivity index (χ0v) is 11.5. The molecule has 1 aromatic rings. The van der Waals surface area contributed by atoms with Crippen LogP contribution in [0, 0.1) is 34.6 Å². The fraction of sp³-hybridized carbons (Fsp3) is 0.538. The Balaban J connectivity index is 0.00000225. The van der Waals surface area contributed by atoms with Crippen LogP contribution in [0.1, 0.15) is 39.4 Å². The maximum Gasteiger partial charge on any atom is 0.109 e. The molecule has 0 aliphatic heterocycles. The van der Waals surface area contributed by atoms with Crippen LogP contribution >= 0.6 is 12.4 Å². The van der Waals surface area contributed by atoms with Crippen LogP contribution in [-0.2, 0) is 0 Å². The van der Waals surface area contributed by atoms with Crippen molar-refractivity contribution < 1.29 is 4.39 Å². The molecule has 0 radical (unpaired) electrons. The van der Waals surface area contributed by atoms with Gasteiger partial charge in [-0.15, -0.1) is 12.4 Å². The summed E-state index contributed by atoms with van der Waals surface area (Å²) < 4.78 is 12.7. The van der Waals surface area contributed by atoms with Gasteiger partial charge in [0.15, 0.2) is 0 Å². The van der Waals surface area contributed by atoms with Gasteiger partial charge in [0.25, 0.3) is 0 Å². The molecule has 0 heterocycles. The Hall–Kier alpha value is -0.600. The molecule has 16 heavy (non-hydrogen) atoms. The first kappa shape index (κ1) is 15.4. The number of rotatable bonds is 2. The average molecular weight is 246 g/mol. The van der Waals surface area contributed by atoms with Gasteiger partial charge in [0.2, 0.25) is 0 Å². The highest BCUT2D eigenvalue weighted by molar-refractivity contribution is 5.85. The minimum absolute atomic E-state index is 0. The van der Waals surface area contributed by atoms with Gasteiger partial charge in [0.1, 0.15) is 6.67 Å². The third kappa shape index (κ3) is 2.38. The molecule has 0 fully saturated rings. The van der Waals surface area contributed by atoms with Gasteiger partial charge in [-0.05, 0) is 68.0 Å². The van der Waals surface area contributed by atoms with Gasteiger partial charge in [-0.2, -0.15) is 0 Å². The van der Waals surface area contributed by atoms with Crippen molar-refractivity contribution in [1.82, 2.24) is 0 Å². The van der Waals surface area contributed by atoms with E-state index in [2.05, 4.69) is 20.8 Å². The van der Waals surface area contributed by atoms with Crippen molar-refractivity contribution in [2.24, 2.45) is 5.73 Å². The van der Waals surface area contributed by atoms with Crippen LogP contribution in [0.2, 0.25) is 0 Å². The molecule has 0 spiro atoms. The Bertz CT molecular complexity index is 359. The molecule has 3 heteroatoms. The number of benzene rings is 1. The van der Waals surface area contributed by atoms with E-state index in [-0.39, 0.29) is 12.4 Å². The van der Waals surface area contributed by atoms with Crippen LogP contribution in [0.4, 0.5) is 4.39 Å². The molecule has 92 valence electrons. The molecule has 2 N–H and O–H groups in total. The SMILES string of the molecule is Cc1c(C)c(C)c([C@@H](N)CF)c(C)c1C.Cl. The summed E-state index contributed by atoms with van der Waals surface area (Å²) in [7, 11) is 0. The summed E-state index contributed by atoms with van der Waals surface area (Å²) in [5.74, 6) is 0. The number of hydrogen-bond donors (Lipinski definition) is 1. The van der Waals surface area contributed by atoms with E-state index >= 15 is 0 Å². The Kier molecular flexibility index (Phi) is 5.43. The maximum atomic E-state index is 12.7. The summed E-state index contributed by atoms with van der Waals surface area (Å²) in [4.78, 5) is 0. The molecule has 1 nitrogen and oxygen atoms in total. The van der Waals surface area contributed by atoms with Gasteiger partial charge >= 0.3 is 0 Å². The fourth-order valence-corrected chi connectivity index (χ4v) is 2.16. The molecule has 0 aromatic heterocycles. The first-order valence-electron chi connectivity index (χ1n) is 5.30. The standard InChI is InChI=1S/C13H20FN.ClH/c1-7-8(2)10(4)13(12(15)6-14)11(5)9(7)3;/h12H,6,15H2,1-5H3;1H/t12-;/m0./s1. The summed E-state index contributed by atoms with van der Waals surface area (Å²) in [5, 5.41) is 0. The van der Waals surface area contributed by atoms with Gasteiger partial charge in [-0.3, -0.25) is 0 Å². The molecular weight excluding hydrogens is 225 g/mol. The Labute approximate surface area is 104 Å². The van der Waals surface area contributed by atoms with Crippen LogP contribution in [-0.4, -0.2) is 6.67 Å². The van der Waals surface area contributed by atoms with E-state index in [1.807, 2.05) is 13.8 Å². The molecule has 0 saturated carbocycles. The third-order valence-corrected chi connectivity index (χ3v) is 3.60. The molecule has 0 saturated heterocycles. The predicted octanol–water partition coefficient (Wildman–Crippen LogP) is 3.62. The van der Waals surface area contributed by atoms with Crippen LogP contribution in [0.15, 0.2) is 0 Å². The minimum atomic E-state index is -0.496. The monoisotopic (exact) mass is 245 g/mol. The highest BCUT2D eigenvalue weighted by Crippen LogP contribution is 2.29.